The van der Waals surface area contributed by atoms with Gasteiger partial charge in [-0.25, -0.2) is 9.59 Å². The molecule has 0 radical (unpaired) electrons. The average Bonchev–Trinajstić information content (AvgIpc) is 3.07. The Morgan fingerprint density at radius 2 is 1.73 bits per heavy atom. The topological polar surface area (TPSA) is 105 Å². The van der Waals surface area contributed by atoms with Crippen LogP contribution in [-0.4, -0.2) is 42.3 Å². The molecule has 0 bridgehead atoms. The Labute approximate surface area is 174 Å². The van der Waals surface area contributed by atoms with Crippen LogP contribution in [0, 0.1) is 5.92 Å². The summed E-state index contributed by atoms with van der Waals surface area (Å²) in [6.45, 7) is 0.711. The maximum absolute atomic E-state index is 12.4. The van der Waals surface area contributed by atoms with Crippen molar-refractivity contribution in [2.75, 3.05) is 13.2 Å². The molecule has 2 amide bonds. The van der Waals surface area contributed by atoms with E-state index in [9.17, 15) is 19.5 Å². The van der Waals surface area contributed by atoms with Gasteiger partial charge >= 0.3 is 12.1 Å². The number of alkyl carbamates (subject to hydrolysis) is 1. The lowest BCUT2D eigenvalue weighted by Crippen LogP contribution is -2.46. The monoisotopic (exact) mass is 408 g/mol. The van der Waals surface area contributed by atoms with Crippen molar-refractivity contribution in [2.24, 2.45) is 5.92 Å². The van der Waals surface area contributed by atoms with Crippen LogP contribution in [-0.2, 0) is 14.3 Å². The van der Waals surface area contributed by atoms with E-state index in [4.69, 9.17) is 4.74 Å². The molecule has 2 aliphatic rings. The summed E-state index contributed by atoms with van der Waals surface area (Å²) in [6.07, 6.45) is 0.668. The zero-order chi connectivity index (χ0) is 21.1. The van der Waals surface area contributed by atoms with Gasteiger partial charge in [0.15, 0.2) is 0 Å². The third-order valence-corrected chi connectivity index (χ3v) is 5.85. The minimum absolute atomic E-state index is 0.0470. The summed E-state index contributed by atoms with van der Waals surface area (Å²) in [5.41, 5.74) is 4.41. The first-order valence-corrected chi connectivity index (χ1v) is 10.2. The van der Waals surface area contributed by atoms with E-state index in [1.807, 2.05) is 48.5 Å². The first kappa shape index (κ1) is 19.9. The fourth-order valence-corrected chi connectivity index (χ4v) is 4.35. The van der Waals surface area contributed by atoms with Crippen molar-refractivity contribution in [2.45, 2.75) is 31.2 Å². The molecule has 2 aromatic carbocycles. The van der Waals surface area contributed by atoms with Crippen LogP contribution in [0.4, 0.5) is 4.79 Å². The summed E-state index contributed by atoms with van der Waals surface area (Å²) in [7, 11) is 0. The highest BCUT2D eigenvalue weighted by Gasteiger charge is 2.32. The number of piperidine rings is 1. The van der Waals surface area contributed by atoms with E-state index >= 15 is 0 Å². The summed E-state index contributed by atoms with van der Waals surface area (Å²) in [6, 6.07) is 14.8. The van der Waals surface area contributed by atoms with Gasteiger partial charge in [-0.15, -0.1) is 0 Å². The van der Waals surface area contributed by atoms with E-state index in [0.717, 1.165) is 28.7 Å². The van der Waals surface area contributed by atoms with Crippen molar-refractivity contribution in [3.63, 3.8) is 0 Å². The van der Waals surface area contributed by atoms with Crippen LogP contribution < -0.4 is 10.6 Å². The summed E-state index contributed by atoms with van der Waals surface area (Å²) in [5, 5.41) is 14.6. The average molecular weight is 408 g/mol. The number of hydrogen-bond acceptors (Lipinski definition) is 4. The summed E-state index contributed by atoms with van der Waals surface area (Å²) in [5.74, 6) is -1.87. The van der Waals surface area contributed by atoms with Crippen LogP contribution >= 0.6 is 0 Å². The van der Waals surface area contributed by atoms with Crippen molar-refractivity contribution in [1.29, 1.82) is 0 Å². The van der Waals surface area contributed by atoms with Crippen molar-refractivity contribution in [1.82, 2.24) is 10.6 Å². The van der Waals surface area contributed by atoms with Crippen LogP contribution in [0.5, 0.6) is 0 Å². The minimum Gasteiger partial charge on any atom is -0.480 e. The van der Waals surface area contributed by atoms with Gasteiger partial charge in [-0.3, -0.25) is 4.79 Å². The second kappa shape index (κ2) is 8.57. The number of aliphatic carboxylic acids is 1. The Morgan fingerprint density at radius 1 is 1.10 bits per heavy atom. The quantitative estimate of drug-likeness (QED) is 0.682. The molecular formula is C23H24N2O5. The molecular weight excluding hydrogens is 384 g/mol. The molecule has 0 spiro atoms. The summed E-state index contributed by atoms with van der Waals surface area (Å²) in [4.78, 5) is 35.9. The zero-order valence-electron chi connectivity index (χ0n) is 16.5. The fourth-order valence-electron chi connectivity index (χ4n) is 4.35. The maximum atomic E-state index is 12.4. The number of fused-ring (bicyclic) bond motifs is 3. The first-order chi connectivity index (χ1) is 14.5. The number of carboxylic acid groups (broad SMARTS) is 1. The molecule has 7 nitrogen and oxygen atoms in total. The normalized spacial score (nSPS) is 18.7. The van der Waals surface area contributed by atoms with E-state index in [0.29, 0.717) is 13.0 Å². The molecule has 1 aliphatic heterocycles. The van der Waals surface area contributed by atoms with Gasteiger partial charge in [0.05, 0.1) is 0 Å². The number of rotatable bonds is 6. The molecule has 7 heteroatoms. The number of hydrogen-bond donors (Lipinski definition) is 3. The Bertz CT molecular complexity index is 928. The molecule has 2 atom stereocenters. The highest BCUT2D eigenvalue weighted by atomic mass is 16.5. The fraction of sp³-hybridized carbons (Fsp3) is 0.348. The number of amides is 2. The van der Waals surface area contributed by atoms with Crippen molar-refractivity contribution in [3.05, 3.63) is 59.7 Å². The lowest BCUT2D eigenvalue weighted by molar-refractivity contribution is -0.140. The van der Waals surface area contributed by atoms with Gasteiger partial charge in [0.2, 0.25) is 5.91 Å². The van der Waals surface area contributed by atoms with Crippen molar-refractivity contribution >= 4 is 18.0 Å². The SMILES string of the molecule is O=C(NC(CC1CCCNC1=O)C(=O)O)OCC1c2ccccc2-c2ccccc21. The standard InChI is InChI=1S/C23H24N2O5/c26-21-14(6-5-11-24-21)12-20(22(27)28)25-23(29)30-13-19-17-9-3-1-7-15(17)16-8-2-4-10-18(16)19/h1-4,7-10,14,19-20H,5-6,11-13H2,(H,24,26)(H,25,29)(H,27,28). The zero-order valence-corrected chi connectivity index (χ0v) is 16.5. The number of nitrogens with one attached hydrogen (secondary N) is 2. The predicted octanol–water partition coefficient (Wildman–Crippen LogP) is 2.89. The molecule has 1 heterocycles. The highest BCUT2D eigenvalue weighted by Crippen LogP contribution is 2.44. The number of carboxylic acids is 1. The van der Waals surface area contributed by atoms with Gasteiger partial charge in [0.25, 0.3) is 0 Å². The molecule has 156 valence electrons. The van der Waals surface area contributed by atoms with E-state index in [-0.39, 0.29) is 24.9 Å². The van der Waals surface area contributed by atoms with Crippen LogP contribution in [0.15, 0.2) is 48.5 Å². The molecule has 2 unspecified atom stereocenters. The molecule has 0 aromatic heterocycles. The van der Waals surface area contributed by atoms with Gasteiger partial charge in [-0.1, -0.05) is 48.5 Å². The molecule has 1 fully saturated rings. The second-order valence-electron chi connectivity index (χ2n) is 7.73. The van der Waals surface area contributed by atoms with E-state index < -0.39 is 24.0 Å². The van der Waals surface area contributed by atoms with Gasteiger partial charge in [-0.05, 0) is 41.5 Å². The third-order valence-electron chi connectivity index (χ3n) is 5.85. The Kier molecular flexibility index (Phi) is 5.70. The molecule has 0 saturated carbocycles. The van der Waals surface area contributed by atoms with E-state index in [2.05, 4.69) is 10.6 Å². The van der Waals surface area contributed by atoms with Gasteiger partial charge in [0, 0.05) is 18.4 Å². The third kappa shape index (κ3) is 4.01. The summed E-state index contributed by atoms with van der Waals surface area (Å²) >= 11 is 0. The van der Waals surface area contributed by atoms with Crippen LogP contribution in [0.25, 0.3) is 11.1 Å². The second-order valence-corrected chi connectivity index (χ2v) is 7.73. The Morgan fingerprint density at radius 3 is 2.33 bits per heavy atom. The number of carbonyl (C=O) groups is 3. The van der Waals surface area contributed by atoms with Crippen molar-refractivity contribution in [3.8, 4) is 11.1 Å². The minimum atomic E-state index is -1.18. The molecule has 3 N–H and O–H groups in total. The highest BCUT2D eigenvalue weighted by molar-refractivity contribution is 5.83. The summed E-state index contributed by atoms with van der Waals surface area (Å²) < 4.78 is 5.42. The largest absolute Gasteiger partial charge is 0.480 e. The molecule has 1 aliphatic carbocycles. The van der Waals surface area contributed by atoms with E-state index in [1.54, 1.807) is 0 Å². The van der Waals surface area contributed by atoms with Crippen molar-refractivity contribution < 1.29 is 24.2 Å². The number of carbonyl (C=O) groups excluding carboxylic acids is 2. The van der Waals surface area contributed by atoms with Crippen LogP contribution in [0.1, 0.15) is 36.3 Å². The van der Waals surface area contributed by atoms with Crippen LogP contribution in [0.2, 0.25) is 0 Å². The van der Waals surface area contributed by atoms with Gasteiger partial charge < -0.3 is 20.5 Å². The molecule has 2 aromatic rings. The number of benzene rings is 2. The molecule has 4 rings (SSSR count). The molecule has 30 heavy (non-hydrogen) atoms. The van der Waals surface area contributed by atoms with Crippen LogP contribution in [0.3, 0.4) is 0 Å². The Balaban J connectivity index is 1.40. The lowest BCUT2D eigenvalue weighted by Gasteiger charge is -2.25. The molecule has 1 saturated heterocycles. The first-order valence-electron chi connectivity index (χ1n) is 10.2. The smallest absolute Gasteiger partial charge is 0.407 e. The van der Waals surface area contributed by atoms with E-state index in [1.165, 1.54) is 0 Å². The van der Waals surface area contributed by atoms with Gasteiger partial charge in [-0.2, -0.15) is 0 Å². The Hall–Kier alpha value is -3.35. The predicted molar refractivity (Wildman–Crippen MR) is 110 cm³/mol. The van der Waals surface area contributed by atoms with Gasteiger partial charge in [0.1, 0.15) is 12.6 Å². The maximum Gasteiger partial charge on any atom is 0.407 e. The lowest BCUT2D eigenvalue weighted by atomic mass is 9.91. The number of ether oxygens (including phenoxy) is 1.